The van der Waals surface area contributed by atoms with E-state index in [-0.39, 0.29) is 24.1 Å². The predicted octanol–water partition coefficient (Wildman–Crippen LogP) is 1.46. The molecule has 4 nitrogen and oxygen atoms in total. The van der Waals surface area contributed by atoms with Crippen LogP contribution in [0.2, 0.25) is 0 Å². The minimum atomic E-state index is -0.372. The summed E-state index contributed by atoms with van der Waals surface area (Å²) in [5.74, 6) is 0.107. The number of nitrogens with one attached hydrogen (secondary N) is 1. The Kier molecular flexibility index (Phi) is 4.27. The van der Waals surface area contributed by atoms with Gasteiger partial charge in [-0.1, -0.05) is 37.1 Å². The summed E-state index contributed by atoms with van der Waals surface area (Å²) in [6.07, 6.45) is 4.25. The summed E-state index contributed by atoms with van der Waals surface area (Å²) in [6.45, 7) is 0.744. The SMILES string of the molecule is CN(C(=O)[C@H]1Cc2ccccc2CN1)C1CCCCC1O. The number of nitrogens with zero attached hydrogens (tertiary/aromatic N) is 1. The molecular formula is C17H24N2O2. The summed E-state index contributed by atoms with van der Waals surface area (Å²) in [4.78, 5) is 14.5. The van der Waals surface area contributed by atoms with E-state index in [1.165, 1.54) is 11.1 Å². The average Bonchev–Trinajstić information content (AvgIpc) is 2.53. The van der Waals surface area contributed by atoms with E-state index in [9.17, 15) is 9.90 Å². The molecule has 0 saturated heterocycles. The number of carbonyl (C=O) groups excluding carboxylic acids is 1. The molecule has 114 valence electrons. The third kappa shape index (κ3) is 2.97. The highest BCUT2D eigenvalue weighted by molar-refractivity contribution is 5.82. The van der Waals surface area contributed by atoms with Crippen molar-refractivity contribution in [2.45, 2.75) is 56.8 Å². The van der Waals surface area contributed by atoms with Gasteiger partial charge in [0, 0.05) is 13.6 Å². The van der Waals surface area contributed by atoms with Crippen molar-refractivity contribution in [1.82, 2.24) is 10.2 Å². The maximum atomic E-state index is 12.7. The fourth-order valence-corrected chi connectivity index (χ4v) is 3.58. The normalized spacial score (nSPS) is 28.8. The number of rotatable bonds is 2. The maximum absolute atomic E-state index is 12.7. The molecule has 3 atom stereocenters. The summed E-state index contributed by atoms with van der Waals surface area (Å²) in [5, 5.41) is 13.5. The van der Waals surface area contributed by atoms with Crippen molar-refractivity contribution in [1.29, 1.82) is 0 Å². The fourth-order valence-electron chi connectivity index (χ4n) is 3.58. The largest absolute Gasteiger partial charge is 0.391 e. The van der Waals surface area contributed by atoms with E-state index >= 15 is 0 Å². The second-order valence-corrected chi connectivity index (χ2v) is 6.27. The molecule has 21 heavy (non-hydrogen) atoms. The molecule has 1 aliphatic heterocycles. The van der Waals surface area contributed by atoms with Crippen molar-refractivity contribution in [3.8, 4) is 0 Å². The molecule has 3 rings (SSSR count). The number of aliphatic hydroxyl groups is 1. The van der Waals surface area contributed by atoms with Crippen LogP contribution in [0.15, 0.2) is 24.3 Å². The summed E-state index contributed by atoms with van der Waals surface area (Å²) in [5.41, 5.74) is 2.54. The van der Waals surface area contributed by atoms with Crippen molar-refractivity contribution in [3.05, 3.63) is 35.4 Å². The third-order valence-electron chi connectivity index (χ3n) is 4.92. The van der Waals surface area contributed by atoms with E-state index in [0.717, 1.165) is 38.6 Å². The van der Waals surface area contributed by atoms with Gasteiger partial charge in [-0.15, -0.1) is 0 Å². The zero-order chi connectivity index (χ0) is 14.8. The van der Waals surface area contributed by atoms with Gasteiger partial charge in [-0.25, -0.2) is 0 Å². The second kappa shape index (κ2) is 6.16. The standard InChI is InChI=1S/C17H24N2O2/c1-19(15-8-4-5-9-16(15)20)17(21)14-10-12-6-2-3-7-13(12)11-18-14/h2-3,6-7,14-16,18,20H,4-5,8-11H2,1H3/t14-,15?,16?/m1/s1. The molecule has 0 radical (unpaired) electrons. The molecule has 1 aromatic carbocycles. The zero-order valence-electron chi connectivity index (χ0n) is 12.6. The molecule has 0 spiro atoms. The number of hydrogen-bond donors (Lipinski definition) is 2. The Morgan fingerprint density at radius 3 is 2.71 bits per heavy atom. The number of hydrogen-bond acceptors (Lipinski definition) is 3. The highest BCUT2D eigenvalue weighted by Gasteiger charge is 2.33. The molecule has 1 saturated carbocycles. The highest BCUT2D eigenvalue weighted by Crippen LogP contribution is 2.24. The van der Waals surface area contributed by atoms with E-state index in [2.05, 4.69) is 17.4 Å². The Morgan fingerprint density at radius 1 is 1.24 bits per heavy atom. The Hall–Kier alpha value is -1.39. The molecule has 1 fully saturated rings. The number of fused-ring (bicyclic) bond motifs is 1. The van der Waals surface area contributed by atoms with Crippen molar-refractivity contribution in [2.24, 2.45) is 0 Å². The van der Waals surface area contributed by atoms with Gasteiger partial charge in [-0.05, 0) is 30.4 Å². The number of benzene rings is 1. The lowest BCUT2D eigenvalue weighted by Gasteiger charge is -2.38. The second-order valence-electron chi connectivity index (χ2n) is 6.27. The van der Waals surface area contributed by atoms with Crippen LogP contribution in [0.3, 0.4) is 0 Å². The molecule has 2 N–H and O–H groups in total. The van der Waals surface area contributed by atoms with E-state index in [4.69, 9.17) is 0 Å². The first kappa shape index (κ1) is 14.5. The van der Waals surface area contributed by atoms with E-state index in [1.54, 1.807) is 4.90 Å². The van der Waals surface area contributed by atoms with Gasteiger partial charge in [-0.2, -0.15) is 0 Å². The Balaban J connectivity index is 1.68. The van der Waals surface area contributed by atoms with Crippen LogP contribution >= 0.6 is 0 Å². The molecule has 1 amide bonds. The molecule has 4 heteroatoms. The number of likely N-dealkylation sites (N-methyl/N-ethyl adjacent to an activating group) is 1. The van der Waals surface area contributed by atoms with Gasteiger partial charge in [-0.3, -0.25) is 4.79 Å². The first-order valence-corrected chi connectivity index (χ1v) is 7.91. The van der Waals surface area contributed by atoms with Gasteiger partial charge in [0.15, 0.2) is 0 Å². The first-order chi connectivity index (χ1) is 10.2. The Bertz CT molecular complexity index is 517. The first-order valence-electron chi connectivity index (χ1n) is 7.91. The van der Waals surface area contributed by atoms with Crippen LogP contribution in [0.5, 0.6) is 0 Å². The van der Waals surface area contributed by atoms with Crippen LogP contribution in [-0.2, 0) is 17.8 Å². The summed E-state index contributed by atoms with van der Waals surface area (Å²) < 4.78 is 0. The molecule has 1 aliphatic carbocycles. The van der Waals surface area contributed by atoms with Crippen molar-refractivity contribution in [3.63, 3.8) is 0 Å². The third-order valence-corrected chi connectivity index (χ3v) is 4.92. The lowest BCUT2D eigenvalue weighted by molar-refractivity contribution is -0.137. The van der Waals surface area contributed by atoms with Crippen molar-refractivity contribution in [2.75, 3.05) is 7.05 Å². The smallest absolute Gasteiger partial charge is 0.240 e. The van der Waals surface area contributed by atoms with Gasteiger partial charge >= 0.3 is 0 Å². The summed E-state index contributed by atoms with van der Waals surface area (Å²) >= 11 is 0. The van der Waals surface area contributed by atoms with Crippen LogP contribution in [0.1, 0.15) is 36.8 Å². The maximum Gasteiger partial charge on any atom is 0.240 e. The fraction of sp³-hybridized carbons (Fsp3) is 0.588. The molecule has 1 heterocycles. The molecule has 0 bridgehead atoms. The Labute approximate surface area is 126 Å². The lowest BCUT2D eigenvalue weighted by Crippen LogP contribution is -2.54. The van der Waals surface area contributed by atoms with Gasteiger partial charge in [0.1, 0.15) is 0 Å². The summed E-state index contributed by atoms with van der Waals surface area (Å²) in [7, 11) is 1.84. The molecule has 1 aromatic rings. The van der Waals surface area contributed by atoms with Crippen LogP contribution < -0.4 is 5.32 Å². The molecule has 2 aliphatic rings. The van der Waals surface area contributed by atoms with Crippen LogP contribution in [0, 0.1) is 0 Å². The van der Waals surface area contributed by atoms with Crippen LogP contribution in [-0.4, -0.2) is 41.1 Å². The zero-order valence-corrected chi connectivity index (χ0v) is 12.6. The predicted molar refractivity (Wildman–Crippen MR) is 81.8 cm³/mol. The highest BCUT2D eigenvalue weighted by atomic mass is 16.3. The topological polar surface area (TPSA) is 52.6 Å². The van der Waals surface area contributed by atoms with Gasteiger partial charge in [0.2, 0.25) is 5.91 Å². The van der Waals surface area contributed by atoms with Gasteiger partial charge < -0.3 is 15.3 Å². The quantitative estimate of drug-likeness (QED) is 0.866. The van der Waals surface area contributed by atoms with Gasteiger partial charge in [0.05, 0.1) is 18.2 Å². The van der Waals surface area contributed by atoms with E-state index < -0.39 is 0 Å². The lowest BCUT2D eigenvalue weighted by atomic mass is 9.90. The molecule has 0 aromatic heterocycles. The number of carbonyl (C=O) groups is 1. The minimum absolute atomic E-state index is 0.0229. The number of amides is 1. The van der Waals surface area contributed by atoms with Crippen LogP contribution in [0.4, 0.5) is 0 Å². The van der Waals surface area contributed by atoms with Gasteiger partial charge in [0.25, 0.3) is 0 Å². The average molecular weight is 288 g/mol. The monoisotopic (exact) mass is 288 g/mol. The minimum Gasteiger partial charge on any atom is -0.391 e. The van der Waals surface area contributed by atoms with Crippen molar-refractivity contribution >= 4 is 5.91 Å². The number of aliphatic hydroxyl groups excluding tert-OH is 1. The van der Waals surface area contributed by atoms with E-state index in [0.29, 0.717) is 0 Å². The summed E-state index contributed by atoms with van der Waals surface area (Å²) in [6, 6.07) is 8.08. The van der Waals surface area contributed by atoms with E-state index in [1.807, 2.05) is 19.2 Å². The Morgan fingerprint density at radius 2 is 1.95 bits per heavy atom. The molecule has 2 unspecified atom stereocenters. The van der Waals surface area contributed by atoms with Crippen molar-refractivity contribution < 1.29 is 9.90 Å². The van der Waals surface area contributed by atoms with Crippen LogP contribution in [0.25, 0.3) is 0 Å². The molecular weight excluding hydrogens is 264 g/mol.